The first-order chi connectivity index (χ1) is 9.81. The van der Waals surface area contributed by atoms with Gasteiger partial charge in [-0.3, -0.25) is 9.88 Å². The molecule has 1 aromatic heterocycles. The first-order valence-electron chi connectivity index (χ1n) is 7.21. The summed E-state index contributed by atoms with van der Waals surface area (Å²) in [7, 11) is 0. The normalized spacial score (nSPS) is 19.9. The molecule has 1 fully saturated rings. The van der Waals surface area contributed by atoms with E-state index in [1.54, 1.807) is 6.20 Å². The van der Waals surface area contributed by atoms with Gasteiger partial charge in [-0.05, 0) is 48.2 Å². The van der Waals surface area contributed by atoms with Crippen LogP contribution >= 0.6 is 0 Å². The molecule has 0 bridgehead atoms. The summed E-state index contributed by atoms with van der Waals surface area (Å²) in [6.07, 6.45) is 5.55. The zero-order chi connectivity index (χ0) is 13.8. The van der Waals surface area contributed by atoms with Crippen LogP contribution in [0.15, 0.2) is 48.8 Å². The van der Waals surface area contributed by atoms with Gasteiger partial charge in [0.1, 0.15) is 0 Å². The third-order valence-electron chi connectivity index (χ3n) is 3.81. The molecular formula is C17H20N2O. The zero-order valence-corrected chi connectivity index (χ0v) is 11.6. The van der Waals surface area contributed by atoms with Gasteiger partial charge in [0, 0.05) is 25.5 Å². The minimum Gasteiger partial charge on any atom is -0.392 e. The predicted molar refractivity (Wildman–Crippen MR) is 80.2 cm³/mol. The molecule has 0 spiro atoms. The molecule has 1 aliphatic heterocycles. The highest BCUT2D eigenvalue weighted by Crippen LogP contribution is 2.21. The van der Waals surface area contributed by atoms with Crippen LogP contribution in [-0.2, 0) is 6.54 Å². The summed E-state index contributed by atoms with van der Waals surface area (Å²) in [6.45, 7) is 2.77. The lowest BCUT2D eigenvalue weighted by Crippen LogP contribution is -2.37. The number of piperidine rings is 1. The van der Waals surface area contributed by atoms with Gasteiger partial charge >= 0.3 is 0 Å². The average molecular weight is 268 g/mol. The number of hydrogen-bond acceptors (Lipinski definition) is 3. The van der Waals surface area contributed by atoms with E-state index >= 15 is 0 Å². The fourth-order valence-corrected chi connectivity index (χ4v) is 2.82. The molecule has 1 atom stereocenters. The number of hydrogen-bond donors (Lipinski definition) is 1. The molecule has 2 heterocycles. The highest BCUT2D eigenvalue weighted by molar-refractivity contribution is 5.62. The van der Waals surface area contributed by atoms with Gasteiger partial charge in [-0.25, -0.2) is 0 Å². The first-order valence-corrected chi connectivity index (χ1v) is 7.21. The molecule has 3 rings (SSSR count). The highest BCUT2D eigenvalue weighted by atomic mass is 16.3. The van der Waals surface area contributed by atoms with Crippen LogP contribution < -0.4 is 0 Å². The molecule has 1 aromatic carbocycles. The summed E-state index contributed by atoms with van der Waals surface area (Å²) in [4.78, 5) is 6.50. The van der Waals surface area contributed by atoms with Crippen molar-refractivity contribution in [1.82, 2.24) is 9.88 Å². The van der Waals surface area contributed by atoms with Crippen molar-refractivity contribution >= 4 is 0 Å². The molecule has 3 heteroatoms. The lowest BCUT2D eigenvalue weighted by Gasteiger charge is -2.30. The van der Waals surface area contributed by atoms with E-state index in [0.29, 0.717) is 0 Å². The zero-order valence-electron chi connectivity index (χ0n) is 11.6. The van der Waals surface area contributed by atoms with Crippen molar-refractivity contribution in [3.63, 3.8) is 0 Å². The maximum atomic E-state index is 9.74. The molecule has 0 aliphatic carbocycles. The molecule has 0 saturated carbocycles. The summed E-state index contributed by atoms with van der Waals surface area (Å²) < 4.78 is 0. The van der Waals surface area contributed by atoms with Gasteiger partial charge in [0.15, 0.2) is 0 Å². The van der Waals surface area contributed by atoms with Crippen molar-refractivity contribution in [2.24, 2.45) is 0 Å². The van der Waals surface area contributed by atoms with Crippen molar-refractivity contribution in [3.8, 4) is 11.1 Å². The first kappa shape index (κ1) is 13.3. The van der Waals surface area contributed by atoms with Crippen molar-refractivity contribution in [2.75, 3.05) is 13.1 Å². The third-order valence-corrected chi connectivity index (χ3v) is 3.81. The van der Waals surface area contributed by atoms with Crippen LogP contribution in [0.3, 0.4) is 0 Å². The minimum atomic E-state index is -0.162. The quantitative estimate of drug-likeness (QED) is 0.930. The van der Waals surface area contributed by atoms with Crippen LogP contribution in [0.1, 0.15) is 18.4 Å². The fraction of sp³-hybridized carbons (Fsp3) is 0.353. The molecular weight excluding hydrogens is 248 g/mol. The summed E-state index contributed by atoms with van der Waals surface area (Å²) in [5.74, 6) is 0. The maximum absolute atomic E-state index is 9.74. The Balaban J connectivity index is 1.74. The number of likely N-dealkylation sites (tertiary alicyclic amines) is 1. The largest absolute Gasteiger partial charge is 0.392 e. The number of benzene rings is 1. The Morgan fingerprint density at radius 1 is 1.20 bits per heavy atom. The number of nitrogens with zero attached hydrogens (tertiary/aromatic N) is 2. The molecule has 20 heavy (non-hydrogen) atoms. The Labute approximate surface area is 119 Å². The van der Waals surface area contributed by atoms with Gasteiger partial charge in [-0.15, -0.1) is 0 Å². The van der Waals surface area contributed by atoms with E-state index < -0.39 is 0 Å². The van der Waals surface area contributed by atoms with Gasteiger partial charge in [0.05, 0.1) is 6.10 Å². The summed E-state index contributed by atoms with van der Waals surface area (Å²) >= 11 is 0. The summed E-state index contributed by atoms with van der Waals surface area (Å²) in [6, 6.07) is 12.6. The molecule has 104 valence electrons. The summed E-state index contributed by atoms with van der Waals surface area (Å²) in [5.41, 5.74) is 3.64. The SMILES string of the molecule is OC1CCCN(Cc2cccc(-c3cccnc3)c2)C1. The molecule has 1 saturated heterocycles. The van der Waals surface area contributed by atoms with Crippen LogP contribution in [-0.4, -0.2) is 34.2 Å². The van der Waals surface area contributed by atoms with E-state index in [4.69, 9.17) is 0 Å². The lowest BCUT2D eigenvalue weighted by atomic mass is 10.0. The second-order valence-corrected chi connectivity index (χ2v) is 5.47. The number of aromatic nitrogens is 1. The minimum absolute atomic E-state index is 0.162. The highest BCUT2D eigenvalue weighted by Gasteiger charge is 2.17. The topological polar surface area (TPSA) is 36.4 Å². The molecule has 1 aliphatic rings. The van der Waals surface area contributed by atoms with E-state index in [1.165, 1.54) is 11.1 Å². The number of rotatable bonds is 3. The van der Waals surface area contributed by atoms with Gasteiger partial charge < -0.3 is 5.11 Å². The van der Waals surface area contributed by atoms with Crippen molar-refractivity contribution in [1.29, 1.82) is 0 Å². The van der Waals surface area contributed by atoms with Crippen LogP contribution in [0.5, 0.6) is 0 Å². The van der Waals surface area contributed by atoms with Crippen LogP contribution in [0.2, 0.25) is 0 Å². The van der Waals surface area contributed by atoms with E-state index in [2.05, 4.69) is 40.2 Å². The Kier molecular flexibility index (Phi) is 4.09. The number of β-amino-alcohol motifs (C(OH)–C–C–N with tert-alkyl or cyclic N) is 1. The number of aliphatic hydroxyl groups excluding tert-OH is 1. The van der Waals surface area contributed by atoms with Crippen molar-refractivity contribution in [3.05, 3.63) is 54.4 Å². The van der Waals surface area contributed by atoms with Gasteiger partial charge in [0.2, 0.25) is 0 Å². The molecule has 0 amide bonds. The fourth-order valence-electron chi connectivity index (χ4n) is 2.82. The number of aliphatic hydroxyl groups is 1. The number of pyridine rings is 1. The van der Waals surface area contributed by atoms with Gasteiger partial charge in [-0.2, -0.15) is 0 Å². The average Bonchev–Trinajstić information content (AvgIpc) is 2.48. The maximum Gasteiger partial charge on any atom is 0.0667 e. The van der Waals surface area contributed by atoms with E-state index in [9.17, 15) is 5.11 Å². The third kappa shape index (κ3) is 3.24. The predicted octanol–water partition coefficient (Wildman–Crippen LogP) is 2.71. The Morgan fingerprint density at radius 2 is 2.10 bits per heavy atom. The standard InChI is InChI=1S/C17H20N2O/c20-17-7-3-9-19(13-17)12-14-4-1-5-15(10-14)16-6-2-8-18-11-16/h1-2,4-6,8,10-11,17,20H,3,7,9,12-13H2. The molecule has 1 N–H and O–H groups in total. The van der Waals surface area contributed by atoms with Gasteiger partial charge in [-0.1, -0.05) is 24.3 Å². The van der Waals surface area contributed by atoms with Crippen molar-refractivity contribution in [2.45, 2.75) is 25.5 Å². The Morgan fingerprint density at radius 3 is 2.90 bits per heavy atom. The molecule has 3 nitrogen and oxygen atoms in total. The van der Waals surface area contributed by atoms with E-state index in [1.807, 2.05) is 12.3 Å². The van der Waals surface area contributed by atoms with E-state index in [-0.39, 0.29) is 6.10 Å². The lowest BCUT2D eigenvalue weighted by molar-refractivity contribution is 0.0668. The van der Waals surface area contributed by atoms with Crippen molar-refractivity contribution < 1.29 is 5.11 Å². The Hall–Kier alpha value is -1.71. The molecule has 2 aromatic rings. The Bertz CT molecular complexity index is 556. The second kappa shape index (κ2) is 6.16. The monoisotopic (exact) mass is 268 g/mol. The van der Waals surface area contributed by atoms with Crippen LogP contribution in [0.25, 0.3) is 11.1 Å². The molecule has 1 unspecified atom stereocenters. The van der Waals surface area contributed by atoms with Gasteiger partial charge in [0.25, 0.3) is 0 Å². The van der Waals surface area contributed by atoms with Crippen LogP contribution in [0.4, 0.5) is 0 Å². The van der Waals surface area contributed by atoms with E-state index in [0.717, 1.165) is 38.0 Å². The van der Waals surface area contributed by atoms with Crippen LogP contribution in [0, 0.1) is 0 Å². The molecule has 0 radical (unpaired) electrons. The smallest absolute Gasteiger partial charge is 0.0667 e. The second-order valence-electron chi connectivity index (χ2n) is 5.47. The summed E-state index contributed by atoms with van der Waals surface area (Å²) in [5, 5.41) is 9.74.